The molecule has 2 aliphatic rings. The molecule has 0 spiro atoms. The van der Waals surface area contributed by atoms with Crippen molar-refractivity contribution >= 4 is 22.9 Å². The summed E-state index contributed by atoms with van der Waals surface area (Å²) in [6.45, 7) is 0.416. The summed E-state index contributed by atoms with van der Waals surface area (Å²) in [6, 6.07) is 19.3. The van der Waals surface area contributed by atoms with E-state index in [4.69, 9.17) is 4.42 Å². The monoisotopic (exact) mass is 499 g/mol. The highest BCUT2D eigenvalue weighted by Crippen LogP contribution is 2.40. The standard InChI is InChI=1S/C30H30FN3O3/c31-23-14-12-21(13-15-23)19-34-28(35)26-18-27-25(16-17-37-27)33(26)20-30(34,22-8-4-3-5-9-22)29(36)32-24-10-6-1-2-7-11-24/h3-5,8-9,12-18,24H,1-2,6-7,10-11,19-20H2,(H,32,36)/t30-/m1/s1. The van der Waals surface area contributed by atoms with E-state index in [0.29, 0.717) is 11.3 Å². The van der Waals surface area contributed by atoms with E-state index in [1.165, 1.54) is 25.0 Å². The van der Waals surface area contributed by atoms with Gasteiger partial charge in [-0.25, -0.2) is 4.39 Å². The second-order valence-electron chi connectivity index (χ2n) is 10.2. The van der Waals surface area contributed by atoms with Crippen LogP contribution in [0.4, 0.5) is 4.39 Å². The van der Waals surface area contributed by atoms with Crippen molar-refractivity contribution in [1.82, 2.24) is 14.8 Å². The highest BCUT2D eigenvalue weighted by Gasteiger charge is 2.53. The van der Waals surface area contributed by atoms with Gasteiger partial charge in [0.1, 0.15) is 11.5 Å². The van der Waals surface area contributed by atoms with Gasteiger partial charge in [0.25, 0.3) is 11.8 Å². The third-order valence-corrected chi connectivity index (χ3v) is 7.91. The van der Waals surface area contributed by atoms with Gasteiger partial charge in [-0.2, -0.15) is 0 Å². The summed E-state index contributed by atoms with van der Waals surface area (Å²) in [5.74, 6) is -0.790. The molecule has 1 fully saturated rings. The molecular weight excluding hydrogens is 469 g/mol. The van der Waals surface area contributed by atoms with Gasteiger partial charge in [-0.05, 0) is 36.1 Å². The van der Waals surface area contributed by atoms with Crippen molar-refractivity contribution in [3.05, 3.63) is 95.6 Å². The highest BCUT2D eigenvalue weighted by atomic mass is 19.1. The molecule has 0 saturated heterocycles. The number of fused-ring (bicyclic) bond motifs is 3. The van der Waals surface area contributed by atoms with Gasteiger partial charge in [0, 0.05) is 24.7 Å². The van der Waals surface area contributed by atoms with Gasteiger partial charge >= 0.3 is 0 Å². The predicted molar refractivity (Wildman–Crippen MR) is 138 cm³/mol. The number of nitrogens with zero attached hydrogens (tertiary/aromatic N) is 2. The lowest BCUT2D eigenvalue weighted by molar-refractivity contribution is -0.136. The number of aromatic nitrogens is 1. The van der Waals surface area contributed by atoms with Crippen LogP contribution in [0.1, 0.15) is 60.1 Å². The fourth-order valence-corrected chi connectivity index (χ4v) is 5.94. The van der Waals surface area contributed by atoms with E-state index in [9.17, 15) is 14.0 Å². The Labute approximate surface area is 215 Å². The second-order valence-corrected chi connectivity index (χ2v) is 10.2. The van der Waals surface area contributed by atoms with Crippen LogP contribution in [0.3, 0.4) is 0 Å². The zero-order valence-corrected chi connectivity index (χ0v) is 20.7. The van der Waals surface area contributed by atoms with Crippen LogP contribution in [0.2, 0.25) is 0 Å². The minimum absolute atomic E-state index is 0.0679. The fraction of sp³-hybridized carbons (Fsp3) is 0.333. The number of halogens is 1. The Balaban J connectivity index is 1.51. The zero-order chi connectivity index (χ0) is 25.4. The lowest BCUT2D eigenvalue weighted by atomic mass is 9.83. The average molecular weight is 500 g/mol. The predicted octanol–water partition coefficient (Wildman–Crippen LogP) is 5.76. The summed E-state index contributed by atoms with van der Waals surface area (Å²) in [7, 11) is 0. The molecule has 190 valence electrons. The molecule has 1 aliphatic carbocycles. The van der Waals surface area contributed by atoms with E-state index in [1.54, 1.807) is 29.4 Å². The van der Waals surface area contributed by atoms with Gasteiger partial charge < -0.3 is 19.2 Å². The first kappa shape index (κ1) is 23.5. The van der Waals surface area contributed by atoms with Crippen LogP contribution >= 0.6 is 0 Å². The topological polar surface area (TPSA) is 67.5 Å². The van der Waals surface area contributed by atoms with Crippen molar-refractivity contribution in [2.45, 2.75) is 63.2 Å². The normalized spacial score (nSPS) is 20.6. The molecule has 7 heteroatoms. The third kappa shape index (κ3) is 4.12. The van der Waals surface area contributed by atoms with Crippen molar-refractivity contribution in [3.63, 3.8) is 0 Å². The van der Waals surface area contributed by atoms with E-state index in [1.807, 2.05) is 41.0 Å². The van der Waals surface area contributed by atoms with E-state index in [2.05, 4.69) is 5.32 Å². The lowest BCUT2D eigenvalue weighted by Gasteiger charge is -2.47. The Kier molecular flexibility index (Phi) is 6.07. The van der Waals surface area contributed by atoms with Crippen molar-refractivity contribution < 1.29 is 18.4 Å². The summed E-state index contributed by atoms with van der Waals surface area (Å²) >= 11 is 0. The molecule has 2 amide bonds. The maximum absolute atomic E-state index is 14.5. The van der Waals surface area contributed by atoms with Crippen molar-refractivity contribution in [2.75, 3.05) is 0 Å². The molecule has 0 unspecified atom stereocenters. The largest absolute Gasteiger partial charge is 0.463 e. The van der Waals surface area contributed by atoms with E-state index in [-0.39, 0.29) is 36.8 Å². The lowest BCUT2D eigenvalue weighted by Crippen LogP contribution is -2.63. The van der Waals surface area contributed by atoms with Crippen LogP contribution in [0.15, 0.2) is 77.4 Å². The van der Waals surface area contributed by atoms with E-state index < -0.39 is 5.54 Å². The Morgan fingerprint density at radius 1 is 1.00 bits per heavy atom. The molecular formula is C30H30FN3O3. The fourth-order valence-electron chi connectivity index (χ4n) is 5.94. The minimum atomic E-state index is -1.30. The van der Waals surface area contributed by atoms with Crippen LogP contribution in [-0.4, -0.2) is 27.3 Å². The maximum atomic E-state index is 14.5. The van der Waals surface area contributed by atoms with Gasteiger partial charge in [0.15, 0.2) is 11.1 Å². The number of furan rings is 1. The van der Waals surface area contributed by atoms with Gasteiger partial charge in [0.2, 0.25) is 0 Å². The first-order chi connectivity index (χ1) is 18.1. The summed E-state index contributed by atoms with van der Waals surface area (Å²) in [5, 5.41) is 3.35. The third-order valence-electron chi connectivity index (χ3n) is 7.91. The highest BCUT2D eigenvalue weighted by molar-refractivity contribution is 6.03. The molecule has 1 atom stereocenters. The summed E-state index contributed by atoms with van der Waals surface area (Å²) in [5.41, 5.74) is 2.07. The van der Waals surface area contributed by atoms with Gasteiger partial charge in [0.05, 0.1) is 18.3 Å². The zero-order valence-electron chi connectivity index (χ0n) is 20.7. The molecule has 37 heavy (non-hydrogen) atoms. The molecule has 1 aliphatic heterocycles. The van der Waals surface area contributed by atoms with E-state index in [0.717, 1.165) is 42.3 Å². The van der Waals surface area contributed by atoms with Crippen molar-refractivity contribution in [1.29, 1.82) is 0 Å². The van der Waals surface area contributed by atoms with E-state index >= 15 is 0 Å². The Morgan fingerprint density at radius 2 is 1.73 bits per heavy atom. The van der Waals surface area contributed by atoms with Crippen LogP contribution in [0.25, 0.3) is 11.1 Å². The van der Waals surface area contributed by atoms with Gasteiger partial charge in [-0.3, -0.25) is 9.59 Å². The van der Waals surface area contributed by atoms with Crippen molar-refractivity contribution in [3.8, 4) is 0 Å². The second kappa shape index (κ2) is 9.54. The molecule has 6 nitrogen and oxygen atoms in total. The van der Waals surface area contributed by atoms with Crippen molar-refractivity contribution in [2.24, 2.45) is 0 Å². The average Bonchev–Trinajstić information content (AvgIpc) is 3.41. The Bertz CT molecular complexity index is 1420. The number of hydrogen-bond acceptors (Lipinski definition) is 3. The molecule has 6 rings (SSSR count). The number of amides is 2. The number of rotatable bonds is 5. The SMILES string of the molecule is O=C1c2cc3occc3n2C[C@](C(=O)NC2CCCCCC2)(c2ccccc2)N1Cc1ccc(F)cc1. The molecule has 1 saturated carbocycles. The Morgan fingerprint density at radius 3 is 2.46 bits per heavy atom. The summed E-state index contributed by atoms with van der Waals surface area (Å²) in [4.78, 5) is 30.4. The van der Waals surface area contributed by atoms with Crippen LogP contribution in [0, 0.1) is 5.82 Å². The smallest absolute Gasteiger partial charge is 0.272 e. The van der Waals surface area contributed by atoms with Crippen LogP contribution in [-0.2, 0) is 23.4 Å². The molecule has 2 aromatic carbocycles. The van der Waals surface area contributed by atoms with Gasteiger partial charge in [-0.15, -0.1) is 0 Å². The first-order valence-electron chi connectivity index (χ1n) is 13.1. The van der Waals surface area contributed by atoms with Gasteiger partial charge in [-0.1, -0.05) is 68.1 Å². The quantitative estimate of drug-likeness (QED) is 0.355. The summed E-state index contributed by atoms with van der Waals surface area (Å²) < 4.78 is 21.2. The number of nitrogens with one attached hydrogen (secondary N) is 1. The maximum Gasteiger partial charge on any atom is 0.272 e. The Hall–Kier alpha value is -3.87. The van der Waals surface area contributed by atoms with Crippen LogP contribution in [0.5, 0.6) is 0 Å². The molecule has 1 N–H and O–H groups in total. The van der Waals surface area contributed by atoms with Crippen LogP contribution < -0.4 is 5.32 Å². The molecule has 0 radical (unpaired) electrons. The number of carbonyl (C=O) groups excluding carboxylic acids is 2. The number of benzene rings is 2. The molecule has 3 heterocycles. The molecule has 4 aromatic rings. The molecule has 2 aromatic heterocycles. The minimum Gasteiger partial charge on any atom is -0.463 e. The number of carbonyl (C=O) groups is 2. The first-order valence-corrected chi connectivity index (χ1v) is 13.1. The summed E-state index contributed by atoms with van der Waals surface area (Å²) in [6.07, 6.45) is 7.99. The number of hydrogen-bond donors (Lipinski definition) is 1. The molecule has 0 bridgehead atoms.